The number of hydrogen-bond donors (Lipinski definition) is 1. The maximum absolute atomic E-state index is 14.6. The SMILES string of the molecule is O=C(O)c1ccc2nc(CC3CCC(c4ncc(F)c(OCc5ccc(Cl)c6cc(F)oc56)n4)CC3)n(C[C@@H]3CCO3)c2c1. The fourth-order valence-corrected chi connectivity index (χ4v) is 6.42. The Hall–Kier alpha value is -4.09. The number of ether oxygens (including phenoxy) is 2. The van der Waals surface area contributed by atoms with Crippen LogP contribution in [0.25, 0.3) is 22.0 Å². The molecule has 0 unspecified atom stereocenters. The van der Waals surface area contributed by atoms with Crippen molar-refractivity contribution in [2.24, 2.45) is 5.92 Å². The molecule has 0 radical (unpaired) electrons. The van der Waals surface area contributed by atoms with Gasteiger partial charge in [-0.25, -0.2) is 14.8 Å². The van der Waals surface area contributed by atoms with E-state index in [1.807, 2.05) is 0 Å². The molecule has 0 amide bonds. The van der Waals surface area contributed by atoms with Crippen LogP contribution in [0.5, 0.6) is 5.88 Å². The Kier molecular flexibility index (Phi) is 7.67. The molecule has 7 rings (SSSR count). The topological polar surface area (TPSA) is 113 Å². The van der Waals surface area contributed by atoms with Crippen LogP contribution in [0.1, 0.15) is 65.6 Å². The van der Waals surface area contributed by atoms with E-state index in [0.717, 1.165) is 68.2 Å². The maximum atomic E-state index is 14.6. The first kappa shape index (κ1) is 28.7. The van der Waals surface area contributed by atoms with Crippen LogP contribution < -0.4 is 4.74 Å². The number of carboxylic acids is 1. The van der Waals surface area contributed by atoms with Crippen LogP contribution in [0.2, 0.25) is 5.02 Å². The summed E-state index contributed by atoms with van der Waals surface area (Å²) >= 11 is 6.14. The second-order valence-electron chi connectivity index (χ2n) is 11.5. The molecule has 1 aliphatic carbocycles. The number of furan rings is 1. The number of hydrogen-bond acceptors (Lipinski definition) is 7. The van der Waals surface area contributed by atoms with Crippen LogP contribution in [0.15, 0.2) is 47.0 Å². The number of benzene rings is 2. The Morgan fingerprint density at radius 2 is 1.91 bits per heavy atom. The van der Waals surface area contributed by atoms with Crippen molar-refractivity contribution in [3.63, 3.8) is 0 Å². The molecule has 1 atom stereocenters. The van der Waals surface area contributed by atoms with Crippen LogP contribution in [0.4, 0.5) is 8.78 Å². The summed E-state index contributed by atoms with van der Waals surface area (Å²) in [5, 5.41) is 10.3. The van der Waals surface area contributed by atoms with E-state index < -0.39 is 17.8 Å². The molecular weight excluding hydrogens is 594 g/mol. The minimum Gasteiger partial charge on any atom is -0.478 e. The molecule has 9 nitrogen and oxygen atoms in total. The van der Waals surface area contributed by atoms with Crippen LogP contribution in [-0.2, 0) is 24.3 Å². The zero-order chi connectivity index (χ0) is 30.4. The van der Waals surface area contributed by atoms with Crippen LogP contribution >= 0.6 is 11.6 Å². The summed E-state index contributed by atoms with van der Waals surface area (Å²) in [5.74, 6) is 0.0737. The minimum atomic E-state index is -0.967. The Labute approximate surface area is 255 Å². The highest BCUT2D eigenvalue weighted by Crippen LogP contribution is 2.37. The first-order chi connectivity index (χ1) is 21.3. The van der Waals surface area contributed by atoms with Crippen molar-refractivity contribution in [3.8, 4) is 5.88 Å². The van der Waals surface area contributed by atoms with E-state index in [9.17, 15) is 18.7 Å². The summed E-state index contributed by atoms with van der Waals surface area (Å²) in [6.45, 7) is 1.30. The van der Waals surface area contributed by atoms with E-state index in [0.29, 0.717) is 34.3 Å². The number of rotatable bonds is 9. The van der Waals surface area contributed by atoms with E-state index in [1.165, 1.54) is 6.07 Å². The molecule has 0 spiro atoms. The summed E-state index contributed by atoms with van der Waals surface area (Å²) in [6.07, 6.45) is 6.45. The molecule has 2 fully saturated rings. The third-order valence-electron chi connectivity index (χ3n) is 8.71. The van der Waals surface area contributed by atoms with Gasteiger partial charge in [-0.1, -0.05) is 17.7 Å². The number of carboxylic acid groups (broad SMARTS) is 1. The molecule has 2 aliphatic rings. The normalized spacial score (nSPS) is 20.2. The van der Waals surface area contributed by atoms with Crippen molar-refractivity contribution in [2.45, 2.75) is 63.7 Å². The van der Waals surface area contributed by atoms with Gasteiger partial charge >= 0.3 is 5.97 Å². The number of imidazole rings is 1. The van der Waals surface area contributed by atoms with Crippen LogP contribution in [0.3, 0.4) is 0 Å². The summed E-state index contributed by atoms with van der Waals surface area (Å²) < 4.78 is 47.0. The van der Waals surface area contributed by atoms with Crippen molar-refractivity contribution >= 4 is 39.6 Å². The van der Waals surface area contributed by atoms with Gasteiger partial charge in [-0.3, -0.25) is 0 Å². The molecule has 1 saturated carbocycles. The standard InChI is InChI=1S/C32H29ClF2N4O5/c33-23-7-5-20(29-22(23)13-27(35)44-29)16-43-31-24(34)14-36-30(38-31)18-3-1-17(2-4-18)11-28-37-25-8-6-19(32(40)41)12-26(25)39(28)15-21-9-10-42-21/h5-8,12-14,17-18,21H,1-4,9-11,15-16H2,(H,40,41)/t17?,18?,21-/m0/s1. The molecule has 44 heavy (non-hydrogen) atoms. The summed E-state index contributed by atoms with van der Waals surface area (Å²) in [5.41, 5.74) is 2.59. The van der Waals surface area contributed by atoms with Crippen molar-refractivity contribution in [2.75, 3.05) is 6.61 Å². The van der Waals surface area contributed by atoms with Gasteiger partial charge in [-0.15, -0.1) is 0 Å². The second-order valence-corrected chi connectivity index (χ2v) is 11.9. The first-order valence-electron chi connectivity index (χ1n) is 14.7. The molecule has 1 N–H and O–H groups in total. The van der Waals surface area contributed by atoms with Gasteiger partial charge in [-0.05, 0) is 62.3 Å². The molecule has 4 heterocycles. The van der Waals surface area contributed by atoms with E-state index in [4.69, 9.17) is 30.5 Å². The van der Waals surface area contributed by atoms with Crippen molar-refractivity contribution in [1.82, 2.24) is 19.5 Å². The zero-order valence-electron chi connectivity index (χ0n) is 23.6. The average Bonchev–Trinajstić information content (AvgIpc) is 3.55. The van der Waals surface area contributed by atoms with Gasteiger partial charge in [-0.2, -0.15) is 13.8 Å². The fraction of sp³-hybridized carbons (Fsp3) is 0.375. The molecule has 12 heteroatoms. The van der Waals surface area contributed by atoms with E-state index in [-0.39, 0.29) is 35.7 Å². The second kappa shape index (κ2) is 11.8. The van der Waals surface area contributed by atoms with Crippen molar-refractivity contribution in [3.05, 3.63) is 82.2 Å². The quantitative estimate of drug-likeness (QED) is 0.185. The number of carbonyl (C=O) groups is 1. The van der Waals surface area contributed by atoms with Gasteiger partial charge in [0.2, 0.25) is 5.82 Å². The lowest BCUT2D eigenvalue weighted by Gasteiger charge is -2.29. The van der Waals surface area contributed by atoms with E-state index in [1.54, 1.807) is 30.3 Å². The predicted octanol–water partition coefficient (Wildman–Crippen LogP) is 7.09. The molecule has 0 bridgehead atoms. The molecule has 1 saturated heterocycles. The third kappa shape index (κ3) is 5.61. The molecule has 1 aliphatic heterocycles. The minimum absolute atomic E-state index is 0.0518. The Balaban J connectivity index is 1.03. The highest BCUT2D eigenvalue weighted by Gasteiger charge is 2.28. The number of aromatic nitrogens is 4. The first-order valence-corrected chi connectivity index (χ1v) is 15.1. The third-order valence-corrected chi connectivity index (χ3v) is 9.04. The Morgan fingerprint density at radius 1 is 1.09 bits per heavy atom. The average molecular weight is 623 g/mol. The fourth-order valence-electron chi connectivity index (χ4n) is 6.22. The van der Waals surface area contributed by atoms with Crippen LogP contribution in [0, 0.1) is 17.7 Å². The van der Waals surface area contributed by atoms with Gasteiger partial charge in [0.25, 0.3) is 11.9 Å². The molecular formula is C32H29ClF2N4O5. The number of nitrogens with zero attached hydrogens (tertiary/aromatic N) is 4. The summed E-state index contributed by atoms with van der Waals surface area (Å²) in [6, 6.07) is 8.74. The molecule has 3 aromatic heterocycles. The lowest BCUT2D eigenvalue weighted by Crippen LogP contribution is -2.32. The Morgan fingerprint density at radius 3 is 2.66 bits per heavy atom. The number of halogens is 3. The lowest BCUT2D eigenvalue weighted by atomic mass is 9.80. The van der Waals surface area contributed by atoms with Gasteiger partial charge in [0, 0.05) is 36.0 Å². The highest BCUT2D eigenvalue weighted by atomic mass is 35.5. The van der Waals surface area contributed by atoms with Gasteiger partial charge in [0.05, 0.1) is 40.5 Å². The lowest BCUT2D eigenvalue weighted by molar-refractivity contribution is -0.0590. The molecule has 5 aromatic rings. The van der Waals surface area contributed by atoms with E-state index >= 15 is 0 Å². The van der Waals surface area contributed by atoms with Crippen molar-refractivity contribution in [1.29, 1.82) is 0 Å². The predicted molar refractivity (Wildman–Crippen MR) is 157 cm³/mol. The summed E-state index contributed by atoms with van der Waals surface area (Å²) in [7, 11) is 0. The smallest absolute Gasteiger partial charge is 0.335 e. The van der Waals surface area contributed by atoms with Gasteiger partial charge in [0.15, 0.2) is 0 Å². The maximum Gasteiger partial charge on any atom is 0.335 e. The van der Waals surface area contributed by atoms with Crippen LogP contribution in [-0.4, -0.2) is 43.3 Å². The largest absolute Gasteiger partial charge is 0.478 e. The zero-order valence-corrected chi connectivity index (χ0v) is 24.4. The monoisotopic (exact) mass is 622 g/mol. The van der Waals surface area contributed by atoms with Crippen molar-refractivity contribution < 1.29 is 32.6 Å². The number of aromatic carboxylic acids is 1. The van der Waals surface area contributed by atoms with E-state index in [2.05, 4.69) is 14.5 Å². The number of fused-ring (bicyclic) bond motifs is 2. The molecule has 2 aromatic carbocycles. The molecule has 228 valence electrons. The van der Waals surface area contributed by atoms with Gasteiger partial charge < -0.3 is 23.6 Å². The summed E-state index contributed by atoms with van der Waals surface area (Å²) in [4.78, 5) is 25.2. The highest BCUT2D eigenvalue weighted by molar-refractivity contribution is 6.35. The van der Waals surface area contributed by atoms with Gasteiger partial charge in [0.1, 0.15) is 23.8 Å². The Bertz CT molecular complexity index is 1860.